The van der Waals surface area contributed by atoms with E-state index in [4.69, 9.17) is 16.8 Å². The number of aromatic nitrogens is 2. The van der Waals surface area contributed by atoms with Gasteiger partial charge in [0.05, 0.1) is 0 Å². The van der Waals surface area contributed by atoms with Crippen molar-refractivity contribution in [2.45, 2.75) is 0 Å². The molecule has 0 spiro atoms. The third kappa shape index (κ3) is 2.14. The van der Waals surface area contributed by atoms with E-state index in [1.54, 1.807) is 0 Å². The lowest BCUT2D eigenvalue weighted by Crippen LogP contribution is -2.02. The lowest BCUT2D eigenvalue weighted by atomic mass is 10.1. The van der Waals surface area contributed by atoms with Crippen molar-refractivity contribution >= 4 is 28.6 Å². The van der Waals surface area contributed by atoms with Gasteiger partial charge in [0.1, 0.15) is 5.71 Å². The zero-order valence-corrected chi connectivity index (χ0v) is 9.03. The fourth-order valence-electron chi connectivity index (χ4n) is 1.12. The maximum Gasteiger partial charge on any atom is 0.207 e. The van der Waals surface area contributed by atoms with Crippen LogP contribution in [0.3, 0.4) is 0 Å². The van der Waals surface area contributed by atoms with Gasteiger partial charge in [-0.25, -0.2) is 0 Å². The van der Waals surface area contributed by atoms with E-state index < -0.39 is 0 Å². The molecule has 76 valence electrons. The van der Waals surface area contributed by atoms with Gasteiger partial charge in [-0.2, -0.15) is 0 Å². The van der Waals surface area contributed by atoms with E-state index in [1.165, 1.54) is 11.3 Å². The number of nitrogens with zero attached hydrogens (tertiary/aromatic N) is 3. The maximum absolute atomic E-state index is 8.93. The van der Waals surface area contributed by atoms with Gasteiger partial charge < -0.3 is 5.21 Å². The Balaban J connectivity index is 2.43. The molecule has 1 aromatic heterocycles. The van der Waals surface area contributed by atoms with E-state index in [1.807, 2.05) is 30.3 Å². The summed E-state index contributed by atoms with van der Waals surface area (Å²) in [4.78, 5) is 0. The smallest absolute Gasteiger partial charge is 0.207 e. The van der Waals surface area contributed by atoms with Gasteiger partial charge in [0, 0.05) is 5.56 Å². The summed E-state index contributed by atoms with van der Waals surface area (Å²) in [5.41, 5.74) is 1.15. The van der Waals surface area contributed by atoms with Crippen LogP contribution >= 0.6 is 22.9 Å². The van der Waals surface area contributed by atoms with Crippen LogP contribution in [0.15, 0.2) is 35.5 Å². The number of hydrogen-bond donors (Lipinski definition) is 1. The summed E-state index contributed by atoms with van der Waals surface area (Å²) in [6, 6.07) is 9.23. The first kappa shape index (κ1) is 10.1. The molecule has 0 unspecified atom stereocenters. The Kier molecular flexibility index (Phi) is 2.94. The minimum atomic E-state index is 0.321. The number of oxime groups is 1. The molecule has 0 saturated carbocycles. The quantitative estimate of drug-likeness (QED) is 0.497. The van der Waals surface area contributed by atoms with Gasteiger partial charge >= 0.3 is 0 Å². The molecular weight excluding hydrogens is 234 g/mol. The third-order valence-corrected chi connectivity index (χ3v) is 2.78. The molecule has 0 aliphatic heterocycles. The molecule has 0 aliphatic rings. The van der Waals surface area contributed by atoms with E-state index in [0.29, 0.717) is 15.2 Å². The molecule has 15 heavy (non-hydrogen) atoms. The average Bonchev–Trinajstić information content (AvgIpc) is 2.68. The third-order valence-electron chi connectivity index (χ3n) is 1.75. The Morgan fingerprint density at radius 3 is 2.53 bits per heavy atom. The second-order valence-corrected chi connectivity index (χ2v) is 4.23. The first-order chi connectivity index (χ1) is 7.31. The van der Waals surface area contributed by atoms with Crippen LogP contribution in [0.25, 0.3) is 0 Å². The van der Waals surface area contributed by atoms with E-state index in [9.17, 15) is 0 Å². The Hall–Kier alpha value is -1.46. The van der Waals surface area contributed by atoms with Crippen molar-refractivity contribution in [3.05, 3.63) is 45.4 Å². The molecular formula is C9H6ClN3OS. The maximum atomic E-state index is 8.93. The predicted octanol–water partition coefficient (Wildman–Crippen LogP) is 2.42. The van der Waals surface area contributed by atoms with E-state index in [-0.39, 0.29) is 0 Å². The van der Waals surface area contributed by atoms with E-state index in [2.05, 4.69) is 15.4 Å². The second-order valence-electron chi connectivity index (χ2n) is 2.67. The Labute approximate surface area is 94.8 Å². The van der Waals surface area contributed by atoms with Crippen LogP contribution < -0.4 is 0 Å². The minimum Gasteiger partial charge on any atom is -0.410 e. The van der Waals surface area contributed by atoms with Crippen molar-refractivity contribution in [2.24, 2.45) is 5.16 Å². The summed E-state index contributed by atoms with van der Waals surface area (Å²) in [6.07, 6.45) is 0. The first-order valence-corrected chi connectivity index (χ1v) is 5.27. The van der Waals surface area contributed by atoms with Crippen LogP contribution in [-0.4, -0.2) is 21.1 Å². The molecule has 1 aromatic carbocycles. The molecule has 0 bridgehead atoms. The molecule has 2 aromatic rings. The van der Waals surface area contributed by atoms with Crippen molar-refractivity contribution in [1.29, 1.82) is 0 Å². The number of rotatable bonds is 2. The van der Waals surface area contributed by atoms with Crippen molar-refractivity contribution < 1.29 is 5.21 Å². The summed E-state index contributed by atoms with van der Waals surface area (Å²) in [5, 5.41) is 20.1. The van der Waals surface area contributed by atoms with Gasteiger partial charge in [0.2, 0.25) is 4.47 Å². The van der Waals surface area contributed by atoms with Crippen LogP contribution in [0.4, 0.5) is 0 Å². The topological polar surface area (TPSA) is 58.4 Å². The van der Waals surface area contributed by atoms with E-state index in [0.717, 1.165) is 5.56 Å². The summed E-state index contributed by atoms with van der Waals surface area (Å²) in [7, 11) is 0. The molecule has 0 radical (unpaired) electrons. The molecule has 0 amide bonds. The summed E-state index contributed by atoms with van der Waals surface area (Å²) in [5.74, 6) is 0. The highest BCUT2D eigenvalue weighted by Gasteiger charge is 2.12. The second kappa shape index (κ2) is 4.37. The molecule has 1 N–H and O–H groups in total. The zero-order chi connectivity index (χ0) is 10.7. The van der Waals surface area contributed by atoms with E-state index >= 15 is 0 Å². The number of benzene rings is 1. The Morgan fingerprint density at radius 2 is 2.00 bits per heavy atom. The molecule has 2 rings (SSSR count). The van der Waals surface area contributed by atoms with Gasteiger partial charge in [-0.05, 0) is 11.6 Å². The monoisotopic (exact) mass is 239 g/mol. The van der Waals surface area contributed by atoms with Crippen molar-refractivity contribution in [1.82, 2.24) is 10.2 Å². The Bertz CT molecular complexity index is 483. The standard InChI is InChI=1S/C9H6ClN3OS/c10-9-12-11-8(15-9)7(13-14)6-4-2-1-3-5-6/h1-5,14H/b13-7+. The molecule has 0 fully saturated rings. The Morgan fingerprint density at radius 1 is 1.27 bits per heavy atom. The fraction of sp³-hybridized carbons (Fsp3) is 0. The highest BCUT2D eigenvalue weighted by molar-refractivity contribution is 7.17. The minimum absolute atomic E-state index is 0.321. The van der Waals surface area contributed by atoms with Gasteiger partial charge in [0.15, 0.2) is 5.01 Å². The summed E-state index contributed by atoms with van der Waals surface area (Å²) < 4.78 is 0.321. The highest BCUT2D eigenvalue weighted by Crippen LogP contribution is 2.18. The van der Waals surface area contributed by atoms with Crippen LogP contribution in [0.1, 0.15) is 10.6 Å². The summed E-state index contributed by atoms with van der Waals surface area (Å²) >= 11 is 6.82. The largest absolute Gasteiger partial charge is 0.410 e. The lowest BCUT2D eigenvalue weighted by molar-refractivity contribution is 0.319. The molecule has 0 saturated heterocycles. The van der Waals surface area contributed by atoms with Gasteiger partial charge in [-0.15, -0.1) is 10.2 Å². The molecule has 6 heteroatoms. The number of hydrogen-bond acceptors (Lipinski definition) is 5. The van der Waals surface area contributed by atoms with Crippen LogP contribution in [0.5, 0.6) is 0 Å². The first-order valence-electron chi connectivity index (χ1n) is 4.08. The number of halogens is 1. The average molecular weight is 240 g/mol. The highest BCUT2D eigenvalue weighted by atomic mass is 35.5. The fourth-order valence-corrected chi connectivity index (χ4v) is 1.96. The molecule has 0 atom stereocenters. The zero-order valence-electron chi connectivity index (χ0n) is 7.46. The van der Waals surface area contributed by atoms with Gasteiger partial charge in [-0.3, -0.25) is 0 Å². The molecule has 0 aliphatic carbocycles. The SMILES string of the molecule is O/N=C(\c1ccccc1)c1nnc(Cl)s1. The van der Waals surface area contributed by atoms with Crippen LogP contribution in [0, 0.1) is 0 Å². The predicted molar refractivity (Wildman–Crippen MR) is 58.8 cm³/mol. The van der Waals surface area contributed by atoms with Crippen molar-refractivity contribution in [2.75, 3.05) is 0 Å². The summed E-state index contributed by atoms with van der Waals surface area (Å²) in [6.45, 7) is 0. The molecule has 4 nitrogen and oxygen atoms in total. The molecule has 1 heterocycles. The van der Waals surface area contributed by atoms with Crippen LogP contribution in [0.2, 0.25) is 4.47 Å². The van der Waals surface area contributed by atoms with Crippen molar-refractivity contribution in [3.63, 3.8) is 0 Å². The van der Waals surface area contributed by atoms with Gasteiger partial charge in [-0.1, -0.05) is 46.8 Å². The normalized spacial score (nSPS) is 11.7. The van der Waals surface area contributed by atoms with Crippen molar-refractivity contribution in [3.8, 4) is 0 Å². The lowest BCUT2D eigenvalue weighted by Gasteiger charge is -1.98. The van der Waals surface area contributed by atoms with Crippen LogP contribution in [-0.2, 0) is 0 Å². The van der Waals surface area contributed by atoms with Gasteiger partial charge in [0.25, 0.3) is 0 Å².